The molecule has 0 aromatic heterocycles. The van der Waals surface area contributed by atoms with Crippen molar-refractivity contribution in [3.05, 3.63) is 69.7 Å². The number of hydrogen-bond donors (Lipinski definition) is 2. The molecule has 0 radical (unpaired) electrons. The van der Waals surface area contributed by atoms with Crippen molar-refractivity contribution >= 4 is 40.9 Å². The maximum absolute atomic E-state index is 13.3. The third-order valence-electron chi connectivity index (χ3n) is 8.41. The molecule has 2 aliphatic heterocycles. The fourth-order valence-corrected chi connectivity index (χ4v) is 6.35. The molecule has 2 fully saturated rings. The zero-order valence-corrected chi connectivity index (χ0v) is 25.2. The van der Waals surface area contributed by atoms with Crippen LogP contribution in [0, 0.1) is 0 Å². The quantitative estimate of drug-likeness (QED) is 0.402. The number of piperidine rings is 2. The van der Waals surface area contributed by atoms with Gasteiger partial charge in [0.25, 0.3) is 5.91 Å². The number of aliphatic hydroxyl groups excluding tert-OH is 1. The Kier molecular flexibility index (Phi) is 11.1. The van der Waals surface area contributed by atoms with Gasteiger partial charge in [0.1, 0.15) is 5.54 Å². The summed E-state index contributed by atoms with van der Waals surface area (Å²) < 4.78 is 0. The van der Waals surface area contributed by atoms with Crippen LogP contribution in [-0.4, -0.2) is 96.0 Å². The van der Waals surface area contributed by atoms with Gasteiger partial charge in [0.05, 0.1) is 16.7 Å². The van der Waals surface area contributed by atoms with Crippen molar-refractivity contribution in [2.75, 3.05) is 52.9 Å². The minimum Gasteiger partial charge on any atom is -0.395 e. The molecule has 2 N–H and O–H groups in total. The van der Waals surface area contributed by atoms with Gasteiger partial charge in [-0.3, -0.25) is 14.4 Å². The number of carbonyl (C=O) groups is 3. The molecule has 8 nitrogen and oxygen atoms in total. The van der Waals surface area contributed by atoms with Gasteiger partial charge in [-0.2, -0.15) is 0 Å². The van der Waals surface area contributed by atoms with Gasteiger partial charge in [0, 0.05) is 57.7 Å². The summed E-state index contributed by atoms with van der Waals surface area (Å²) in [4.78, 5) is 45.2. The molecule has 0 spiro atoms. The van der Waals surface area contributed by atoms with Gasteiger partial charge in [-0.15, -0.1) is 0 Å². The van der Waals surface area contributed by atoms with Crippen LogP contribution in [0.5, 0.6) is 0 Å². The first-order valence-electron chi connectivity index (χ1n) is 14.4. The van der Waals surface area contributed by atoms with Crippen LogP contribution in [0.15, 0.2) is 48.5 Å². The number of rotatable bonds is 11. The first-order chi connectivity index (χ1) is 19.7. The molecule has 10 heteroatoms. The molecule has 0 aliphatic carbocycles. The molecule has 1 atom stereocenters. The van der Waals surface area contributed by atoms with Crippen molar-refractivity contribution in [1.82, 2.24) is 20.0 Å². The molecule has 2 aromatic carbocycles. The fourth-order valence-electron chi connectivity index (χ4n) is 6.04. The molecule has 2 aromatic rings. The highest BCUT2D eigenvalue weighted by Crippen LogP contribution is 2.34. The largest absolute Gasteiger partial charge is 0.395 e. The van der Waals surface area contributed by atoms with E-state index in [9.17, 15) is 19.5 Å². The lowest BCUT2D eigenvalue weighted by Gasteiger charge is -2.49. The second-order valence-corrected chi connectivity index (χ2v) is 11.9. The second-order valence-electron chi connectivity index (χ2n) is 11.1. The highest BCUT2D eigenvalue weighted by atomic mass is 35.5. The number of nitrogens with one attached hydrogen (secondary N) is 1. The predicted octanol–water partition coefficient (Wildman–Crippen LogP) is 4.19. The summed E-state index contributed by atoms with van der Waals surface area (Å²) >= 11 is 12.6. The van der Waals surface area contributed by atoms with E-state index in [0.717, 1.165) is 31.4 Å². The van der Waals surface area contributed by atoms with Gasteiger partial charge in [0.15, 0.2) is 0 Å². The van der Waals surface area contributed by atoms with E-state index in [1.165, 1.54) is 0 Å². The Balaban J connectivity index is 1.45. The fraction of sp³-hybridized carbons (Fsp3) is 0.516. The number of carbonyl (C=O) groups excluding carboxylic acids is 3. The standard InChI is InChI=1S/C31H40Cl2N4O4/c1-35(29(40)23-7-3-2-4-8-23)22-25(24-10-11-26(32)27(33)21-24)12-17-36-18-13-31(14-19-36,30(41)34-15-20-38)37-16-6-5-9-28(37)39/h2-4,7-8,10-11,21,25,38H,5-6,9,12-20,22H2,1H3,(H,34,41)/t25-/m1/s1. The summed E-state index contributed by atoms with van der Waals surface area (Å²) in [6.45, 7) is 3.24. The summed E-state index contributed by atoms with van der Waals surface area (Å²) in [5, 5.41) is 13.1. The minimum absolute atomic E-state index is 0.0191. The van der Waals surface area contributed by atoms with Crippen molar-refractivity contribution in [3.63, 3.8) is 0 Å². The van der Waals surface area contributed by atoms with E-state index in [1.807, 2.05) is 49.5 Å². The lowest BCUT2D eigenvalue weighted by atomic mass is 9.82. The number of amides is 3. The predicted molar refractivity (Wildman–Crippen MR) is 161 cm³/mol. The van der Waals surface area contributed by atoms with Crippen molar-refractivity contribution in [3.8, 4) is 0 Å². The first-order valence-corrected chi connectivity index (χ1v) is 15.2. The molecule has 222 valence electrons. The van der Waals surface area contributed by atoms with Crippen molar-refractivity contribution in [2.45, 2.75) is 50.0 Å². The molecule has 2 heterocycles. The highest BCUT2D eigenvalue weighted by molar-refractivity contribution is 6.42. The average Bonchev–Trinajstić information content (AvgIpc) is 3.00. The summed E-state index contributed by atoms with van der Waals surface area (Å²) in [6.07, 6.45) is 4.08. The molecule has 3 amide bonds. The number of likely N-dealkylation sites (tertiary alicyclic amines) is 2. The molecular formula is C31H40Cl2N4O4. The number of benzene rings is 2. The number of hydrogen-bond acceptors (Lipinski definition) is 5. The Labute approximate surface area is 252 Å². The Morgan fingerprint density at radius 1 is 1.05 bits per heavy atom. The van der Waals surface area contributed by atoms with Gasteiger partial charge in [-0.25, -0.2) is 0 Å². The molecule has 2 saturated heterocycles. The van der Waals surface area contributed by atoms with Gasteiger partial charge in [-0.1, -0.05) is 47.5 Å². The van der Waals surface area contributed by atoms with E-state index in [0.29, 0.717) is 61.1 Å². The van der Waals surface area contributed by atoms with Crippen LogP contribution in [-0.2, 0) is 9.59 Å². The summed E-state index contributed by atoms with van der Waals surface area (Å²) in [7, 11) is 1.82. The zero-order valence-electron chi connectivity index (χ0n) is 23.7. The van der Waals surface area contributed by atoms with Crippen molar-refractivity contribution < 1.29 is 19.5 Å². The molecule has 0 unspecified atom stereocenters. The molecule has 41 heavy (non-hydrogen) atoms. The lowest BCUT2D eigenvalue weighted by molar-refractivity contribution is -0.153. The van der Waals surface area contributed by atoms with Crippen LogP contribution in [0.3, 0.4) is 0 Å². The monoisotopic (exact) mass is 602 g/mol. The van der Waals surface area contributed by atoms with Gasteiger partial charge in [-0.05, 0) is 68.5 Å². The van der Waals surface area contributed by atoms with Crippen molar-refractivity contribution in [1.29, 1.82) is 0 Å². The number of aliphatic hydroxyl groups is 1. The summed E-state index contributed by atoms with van der Waals surface area (Å²) in [6, 6.07) is 14.9. The topological polar surface area (TPSA) is 93.2 Å². The third kappa shape index (κ3) is 7.60. The highest BCUT2D eigenvalue weighted by Gasteiger charge is 2.48. The molecular weight excluding hydrogens is 563 g/mol. The van der Waals surface area contributed by atoms with E-state index < -0.39 is 5.54 Å². The molecule has 4 rings (SSSR count). The Morgan fingerprint density at radius 3 is 2.44 bits per heavy atom. The normalized spacial score (nSPS) is 18.1. The number of likely N-dealkylation sites (N-methyl/N-ethyl adjacent to an activating group) is 1. The van der Waals surface area contributed by atoms with Gasteiger partial charge < -0.3 is 25.1 Å². The van der Waals surface area contributed by atoms with E-state index in [4.69, 9.17) is 23.2 Å². The zero-order chi connectivity index (χ0) is 29.4. The van der Waals surface area contributed by atoms with Gasteiger partial charge in [0.2, 0.25) is 11.8 Å². The maximum atomic E-state index is 13.3. The summed E-state index contributed by atoms with van der Waals surface area (Å²) in [5.74, 6) is -0.157. The number of halogens is 2. The van der Waals surface area contributed by atoms with Crippen LogP contribution in [0.4, 0.5) is 0 Å². The molecule has 0 bridgehead atoms. The number of nitrogens with zero attached hydrogens (tertiary/aromatic N) is 3. The third-order valence-corrected chi connectivity index (χ3v) is 9.15. The Hall–Kier alpha value is -2.65. The summed E-state index contributed by atoms with van der Waals surface area (Å²) in [5.41, 5.74) is 0.775. The van der Waals surface area contributed by atoms with Crippen LogP contribution in [0.25, 0.3) is 0 Å². The molecule has 0 saturated carbocycles. The van der Waals surface area contributed by atoms with Gasteiger partial charge >= 0.3 is 0 Å². The lowest BCUT2D eigenvalue weighted by Crippen LogP contribution is -2.65. The SMILES string of the molecule is CN(C[C@@H](CCN1CCC(C(=O)NCCO)(N2CCCCC2=O)CC1)c1ccc(Cl)c(Cl)c1)C(=O)c1ccccc1. The molecule has 2 aliphatic rings. The smallest absolute Gasteiger partial charge is 0.253 e. The van der Waals surface area contributed by atoms with E-state index in [-0.39, 0.29) is 36.8 Å². The van der Waals surface area contributed by atoms with Crippen LogP contribution < -0.4 is 5.32 Å². The Morgan fingerprint density at radius 2 is 1.78 bits per heavy atom. The van der Waals surface area contributed by atoms with Crippen LogP contribution in [0.1, 0.15) is 60.4 Å². The second kappa shape index (κ2) is 14.5. The van der Waals surface area contributed by atoms with E-state index in [1.54, 1.807) is 15.9 Å². The van der Waals surface area contributed by atoms with Crippen LogP contribution >= 0.6 is 23.2 Å². The van der Waals surface area contributed by atoms with E-state index >= 15 is 0 Å². The Bertz CT molecular complexity index is 1200. The maximum Gasteiger partial charge on any atom is 0.253 e. The minimum atomic E-state index is -0.880. The van der Waals surface area contributed by atoms with E-state index in [2.05, 4.69) is 10.2 Å². The first kappa shape index (κ1) is 31.3. The van der Waals surface area contributed by atoms with Crippen LogP contribution in [0.2, 0.25) is 10.0 Å². The van der Waals surface area contributed by atoms with Crippen molar-refractivity contribution in [2.24, 2.45) is 0 Å². The average molecular weight is 604 g/mol.